The second kappa shape index (κ2) is 6.39. The Balaban J connectivity index is 1.87. The highest BCUT2D eigenvalue weighted by Gasteiger charge is 2.16. The molecule has 4 heteroatoms. The van der Waals surface area contributed by atoms with Crippen LogP contribution in [-0.2, 0) is 0 Å². The lowest BCUT2D eigenvalue weighted by Crippen LogP contribution is -2.37. The first-order valence-corrected chi connectivity index (χ1v) is 6.98. The van der Waals surface area contributed by atoms with Crippen LogP contribution in [0.15, 0.2) is 18.2 Å². The van der Waals surface area contributed by atoms with Crippen molar-refractivity contribution >= 4 is 17.3 Å². The highest BCUT2D eigenvalue weighted by atomic mass is 35.5. The van der Waals surface area contributed by atoms with Crippen molar-refractivity contribution in [2.75, 3.05) is 11.9 Å². The summed E-state index contributed by atoms with van der Waals surface area (Å²) in [7, 11) is 0. The van der Waals surface area contributed by atoms with Gasteiger partial charge in [-0.15, -0.1) is 0 Å². The number of halogens is 2. The Morgan fingerprint density at radius 3 is 3.00 bits per heavy atom. The summed E-state index contributed by atoms with van der Waals surface area (Å²) in [5.41, 5.74) is 0.807. The number of rotatable bonds is 4. The Labute approximate surface area is 113 Å². The molecule has 0 amide bonds. The molecule has 1 aliphatic rings. The molecule has 0 spiro atoms. The number of hydrogen-bond donors (Lipinski definition) is 2. The van der Waals surface area contributed by atoms with Crippen LogP contribution in [0, 0.1) is 5.82 Å². The van der Waals surface area contributed by atoms with Gasteiger partial charge in [-0.05, 0) is 50.9 Å². The third-order valence-electron chi connectivity index (χ3n) is 3.38. The molecule has 1 fully saturated rings. The van der Waals surface area contributed by atoms with Gasteiger partial charge in [0.2, 0.25) is 0 Å². The molecule has 2 atom stereocenters. The first-order valence-electron chi connectivity index (χ1n) is 6.60. The Hall–Kier alpha value is -0.800. The monoisotopic (exact) mass is 270 g/mol. The Morgan fingerprint density at radius 2 is 2.33 bits per heavy atom. The first kappa shape index (κ1) is 13.6. The Bertz CT molecular complexity index is 391. The van der Waals surface area contributed by atoms with E-state index in [0.29, 0.717) is 17.1 Å². The molecule has 18 heavy (non-hydrogen) atoms. The van der Waals surface area contributed by atoms with Gasteiger partial charge >= 0.3 is 0 Å². The van der Waals surface area contributed by atoms with Crippen molar-refractivity contribution in [3.63, 3.8) is 0 Å². The van der Waals surface area contributed by atoms with Crippen LogP contribution in [-0.4, -0.2) is 18.6 Å². The van der Waals surface area contributed by atoms with Gasteiger partial charge in [-0.2, -0.15) is 0 Å². The third-order valence-corrected chi connectivity index (χ3v) is 3.70. The van der Waals surface area contributed by atoms with Gasteiger partial charge in [0.15, 0.2) is 0 Å². The van der Waals surface area contributed by atoms with Gasteiger partial charge in [-0.25, -0.2) is 4.39 Å². The molecule has 0 aromatic heterocycles. The largest absolute Gasteiger partial charge is 0.381 e. The maximum atomic E-state index is 12.9. The van der Waals surface area contributed by atoms with Crippen molar-refractivity contribution in [3.8, 4) is 0 Å². The first-order chi connectivity index (χ1) is 8.65. The van der Waals surface area contributed by atoms with E-state index in [0.717, 1.165) is 18.7 Å². The second-order valence-corrected chi connectivity index (χ2v) is 5.46. The lowest BCUT2D eigenvalue weighted by molar-refractivity contribution is 0.371. The van der Waals surface area contributed by atoms with Crippen molar-refractivity contribution < 1.29 is 4.39 Å². The molecule has 0 saturated carbocycles. The number of nitrogens with one attached hydrogen (secondary N) is 2. The molecular formula is C14H20ClFN2. The van der Waals surface area contributed by atoms with Gasteiger partial charge in [0.25, 0.3) is 0 Å². The summed E-state index contributed by atoms with van der Waals surface area (Å²) in [4.78, 5) is 0. The summed E-state index contributed by atoms with van der Waals surface area (Å²) in [5, 5.41) is 7.32. The zero-order chi connectivity index (χ0) is 13.0. The summed E-state index contributed by atoms with van der Waals surface area (Å²) >= 11 is 6.00. The third kappa shape index (κ3) is 3.85. The van der Waals surface area contributed by atoms with Crippen molar-refractivity contribution in [2.24, 2.45) is 0 Å². The van der Waals surface area contributed by atoms with E-state index in [9.17, 15) is 4.39 Å². The molecule has 2 unspecified atom stereocenters. The predicted molar refractivity (Wildman–Crippen MR) is 74.8 cm³/mol. The minimum atomic E-state index is -0.299. The van der Waals surface area contributed by atoms with E-state index in [1.807, 2.05) is 0 Å². The fourth-order valence-electron chi connectivity index (χ4n) is 2.48. The average Bonchev–Trinajstić information content (AvgIpc) is 2.34. The molecule has 1 saturated heterocycles. The molecule has 2 rings (SSSR count). The second-order valence-electron chi connectivity index (χ2n) is 5.05. The summed E-state index contributed by atoms with van der Waals surface area (Å²) < 4.78 is 12.9. The smallest absolute Gasteiger partial charge is 0.124 e. The molecule has 1 aliphatic heterocycles. The highest BCUT2D eigenvalue weighted by Crippen LogP contribution is 2.24. The number of hydrogen-bond acceptors (Lipinski definition) is 2. The molecule has 1 aromatic carbocycles. The highest BCUT2D eigenvalue weighted by molar-refractivity contribution is 6.33. The minimum Gasteiger partial charge on any atom is -0.381 e. The van der Waals surface area contributed by atoms with Crippen LogP contribution < -0.4 is 10.6 Å². The van der Waals surface area contributed by atoms with E-state index in [4.69, 9.17) is 11.6 Å². The minimum absolute atomic E-state index is 0.299. The quantitative estimate of drug-likeness (QED) is 0.869. The van der Waals surface area contributed by atoms with Crippen molar-refractivity contribution in [1.29, 1.82) is 0 Å². The lowest BCUT2D eigenvalue weighted by atomic mass is 9.99. The number of piperidine rings is 1. The molecule has 2 nitrogen and oxygen atoms in total. The van der Waals surface area contributed by atoms with Crippen LogP contribution in [0.2, 0.25) is 5.02 Å². The standard InChI is InChI=1S/C14H20ClFN2/c1-10(8-12-4-2-3-7-17-12)18-14-6-5-11(16)9-13(14)15/h5-6,9-10,12,17-18H,2-4,7-8H2,1H3. The van der Waals surface area contributed by atoms with Crippen LogP contribution >= 0.6 is 11.6 Å². The van der Waals surface area contributed by atoms with E-state index in [-0.39, 0.29) is 5.82 Å². The van der Waals surface area contributed by atoms with Gasteiger partial charge in [0.1, 0.15) is 5.82 Å². The van der Waals surface area contributed by atoms with E-state index >= 15 is 0 Å². The fourth-order valence-corrected chi connectivity index (χ4v) is 2.70. The number of anilines is 1. The van der Waals surface area contributed by atoms with Gasteiger partial charge < -0.3 is 10.6 Å². The van der Waals surface area contributed by atoms with Gasteiger partial charge in [0, 0.05) is 12.1 Å². The zero-order valence-electron chi connectivity index (χ0n) is 10.7. The van der Waals surface area contributed by atoms with Gasteiger partial charge in [-0.1, -0.05) is 18.0 Å². The molecule has 0 aliphatic carbocycles. The SMILES string of the molecule is CC(CC1CCCCN1)Nc1ccc(F)cc1Cl. The van der Waals surface area contributed by atoms with Crippen molar-refractivity contribution in [3.05, 3.63) is 29.0 Å². The Kier molecular flexibility index (Phi) is 4.84. The van der Waals surface area contributed by atoms with Crippen LogP contribution in [0.3, 0.4) is 0 Å². The van der Waals surface area contributed by atoms with Gasteiger partial charge in [-0.3, -0.25) is 0 Å². The van der Waals surface area contributed by atoms with Crippen molar-refractivity contribution in [1.82, 2.24) is 5.32 Å². The molecule has 2 N–H and O–H groups in total. The molecular weight excluding hydrogens is 251 g/mol. The summed E-state index contributed by atoms with van der Waals surface area (Å²) in [6.45, 7) is 3.25. The summed E-state index contributed by atoms with van der Waals surface area (Å²) in [5.74, 6) is -0.299. The molecule has 0 radical (unpaired) electrons. The normalized spacial score (nSPS) is 21.6. The van der Waals surface area contributed by atoms with Crippen LogP contribution in [0.1, 0.15) is 32.6 Å². The van der Waals surface area contributed by atoms with E-state index in [2.05, 4.69) is 17.6 Å². The van der Waals surface area contributed by atoms with Crippen LogP contribution in [0.4, 0.5) is 10.1 Å². The Morgan fingerprint density at radius 1 is 1.50 bits per heavy atom. The van der Waals surface area contributed by atoms with E-state index in [1.165, 1.54) is 31.4 Å². The maximum absolute atomic E-state index is 12.9. The molecule has 100 valence electrons. The summed E-state index contributed by atoms with van der Waals surface area (Å²) in [6.07, 6.45) is 4.89. The van der Waals surface area contributed by atoms with Gasteiger partial charge in [0.05, 0.1) is 10.7 Å². The topological polar surface area (TPSA) is 24.1 Å². The van der Waals surface area contributed by atoms with Crippen LogP contribution in [0.5, 0.6) is 0 Å². The fraction of sp³-hybridized carbons (Fsp3) is 0.571. The molecule has 0 bridgehead atoms. The number of benzene rings is 1. The predicted octanol–water partition coefficient (Wildman–Crippen LogP) is 3.81. The lowest BCUT2D eigenvalue weighted by Gasteiger charge is -2.27. The van der Waals surface area contributed by atoms with Crippen LogP contribution in [0.25, 0.3) is 0 Å². The summed E-state index contributed by atoms with van der Waals surface area (Å²) in [6, 6.07) is 5.38. The average molecular weight is 271 g/mol. The zero-order valence-corrected chi connectivity index (χ0v) is 11.4. The molecule has 1 aromatic rings. The van der Waals surface area contributed by atoms with Crippen molar-refractivity contribution in [2.45, 2.75) is 44.7 Å². The molecule has 1 heterocycles. The van der Waals surface area contributed by atoms with E-state index < -0.39 is 0 Å². The van der Waals surface area contributed by atoms with E-state index in [1.54, 1.807) is 6.07 Å². The maximum Gasteiger partial charge on any atom is 0.124 e.